The molecule has 4 rings (SSSR count). The molecular weight excluding hydrogens is 488 g/mol. The van der Waals surface area contributed by atoms with E-state index in [0.717, 1.165) is 22.6 Å². The van der Waals surface area contributed by atoms with Crippen LogP contribution in [0, 0.1) is 6.92 Å². The second kappa shape index (κ2) is 12.6. The first-order chi connectivity index (χ1) is 18.4. The Balaban J connectivity index is 1.26. The van der Waals surface area contributed by atoms with Crippen molar-refractivity contribution in [2.24, 2.45) is 0 Å². The van der Waals surface area contributed by atoms with E-state index in [1.165, 1.54) is 19.2 Å². The summed E-state index contributed by atoms with van der Waals surface area (Å²) in [6.07, 6.45) is 0.585. The lowest BCUT2D eigenvalue weighted by Crippen LogP contribution is -2.45. The van der Waals surface area contributed by atoms with Crippen LogP contribution in [-0.4, -0.2) is 41.8 Å². The first-order valence-corrected chi connectivity index (χ1v) is 12.0. The molecule has 0 radical (unpaired) electrons. The van der Waals surface area contributed by atoms with Crippen molar-refractivity contribution in [3.63, 3.8) is 0 Å². The van der Waals surface area contributed by atoms with Crippen LogP contribution in [0.4, 0.5) is 0 Å². The third kappa shape index (κ3) is 6.98. The van der Waals surface area contributed by atoms with Gasteiger partial charge in [0.05, 0.1) is 19.4 Å². The molecule has 2 N–H and O–H groups in total. The number of carboxylic acid groups (broad SMARTS) is 1. The van der Waals surface area contributed by atoms with Gasteiger partial charge < -0.3 is 23.7 Å². The summed E-state index contributed by atoms with van der Waals surface area (Å²) >= 11 is 0. The van der Waals surface area contributed by atoms with Gasteiger partial charge in [-0.05, 0) is 61.0 Å². The number of carboxylic acids is 1. The average molecular weight is 517 g/mol. The molecule has 0 spiro atoms. The van der Waals surface area contributed by atoms with Crippen LogP contribution in [0.3, 0.4) is 0 Å². The maximum absolute atomic E-state index is 12.4. The number of aromatic nitrogens is 1. The SMILES string of the molecule is COc1ccc(OC(=O)[C@@H](NCc2ccc(OCCc3nc(-c4ccccc4)oc3C)cc2)C(=O)O)cc1. The summed E-state index contributed by atoms with van der Waals surface area (Å²) < 4.78 is 21.9. The van der Waals surface area contributed by atoms with Gasteiger partial charge in [0.25, 0.3) is 0 Å². The number of aliphatic carboxylic acids is 1. The van der Waals surface area contributed by atoms with Crippen LogP contribution in [0.1, 0.15) is 17.0 Å². The summed E-state index contributed by atoms with van der Waals surface area (Å²) in [5.74, 6) is 0.572. The minimum atomic E-state index is -1.53. The number of rotatable bonds is 12. The molecule has 1 aromatic heterocycles. The number of benzene rings is 3. The average Bonchev–Trinajstić information content (AvgIpc) is 3.30. The van der Waals surface area contributed by atoms with Crippen molar-refractivity contribution < 1.29 is 33.3 Å². The first kappa shape index (κ1) is 26.4. The van der Waals surface area contributed by atoms with Crippen LogP contribution >= 0.6 is 0 Å². The Morgan fingerprint density at radius 1 is 0.947 bits per heavy atom. The van der Waals surface area contributed by atoms with Gasteiger partial charge in [0.1, 0.15) is 23.0 Å². The van der Waals surface area contributed by atoms with Crippen LogP contribution in [0.25, 0.3) is 11.5 Å². The van der Waals surface area contributed by atoms with E-state index < -0.39 is 18.0 Å². The Kier molecular flexibility index (Phi) is 8.73. The topological polar surface area (TPSA) is 120 Å². The van der Waals surface area contributed by atoms with Gasteiger partial charge >= 0.3 is 11.9 Å². The summed E-state index contributed by atoms with van der Waals surface area (Å²) in [4.78, 5) is 28.6. The molecular formula is C29H28N2O7. The van der Waals surface area contributed by atoms with E-state index in [-0.39, 0.29) is 12.3 Å². The van der Waals surface area contributed by atoms with Crippen LogP contribution in [0.15, 0.2) is 83.3 Å². The fourth-order valence-corrected chi connectivity index (χ4v) is 3.64. The van der Waals surface area contributed by atoms with Crippen LogP contribution < -0.4 is 19.5 Å². The van der Waals surface area contributed by atoms with Gasteiger partial charge in [0, 0.05) is 18.5 Å². The van der Waals surface area contributed by atoms with E-state index in [1.54, 1.807) is 36.4 Å². The number of aryl methyl sites for hydroxylation is 1. The normalized spacial score (nSPS) is 11.5. The van der Waals surface area contributed by atoms with E-state index in [9.17, 15) is 14.7 Å². The fourth-order valence-electron chi connectivity index (χ4n) is 3.64. The van der Waals surface area contributed by atoms with E-state index in [4.69, 9.17) is 18.6 Å². The molecule has 0 fully saturated rings. The molecule has 1 heterocycles. The Morgan fingerprint density at radius 3 is 2.26 bits per heavy atom. The zero-order chi connectivity index (χ0) is 26.9. The van der Waals surface area contributed by atoms with Gasteiger partial charge in [-0.2, -0.15) is 0 Å². The Bertz CT molecular complexity index is 1350. The number of nitrogens with one attached hydrogen (secondary N) is 1. The maximum atomic E-state index is 12.4. The third-order valence-electron chi connectivity index (χ3n) is 5.72. The minimum Gasteiger partial charge on any atom is -0.497 e. The van der Waals surface area contributed by atoms with Crippen LogP contribution in [0.5, 0.6) is 17.2 Å². The summed E-state index contributed by atoms with van der Waals surface area (Å²) in [5, 5.41) is 12.2. The highest BCUT2D eigenvalue weighted by atomic mass is 16.5. The summed E-state index contributed by atoms with van der Waals surface area (Å²) in [7, 11) is 1.52. The van der Waals surface area contributed by atoms with Crippen molar-refractivity contribution in [3.8, 4) is 28.7 Å². The number of oxazole rings is 1. The Hall–Kier alpha value is -4.63. The van der Waals surface area contributed by atoms with Crippen LogP contribution in [0.2, 0.25) is 0 Å². The number of carbonyl (C=O) groups excluding carboxylic acids is 1. The van der Waals surface area contributed by atoms with E-state index >= 15 is 0 Å². The van der Waals surface area contributed by atoms with Gasteiger partial charge in [-0.3, -0.25) is 5.32 Å². The zero-order valence-corrected chi connectivity index (χ0v) is 21.0. The highest BCUT2D eigenvalue weighted by Gasteiger charge is 2.28. The second-order valence-electron chi connectivity index (χ2n) is 8.38. The molecule has 196 valence electrons. The highest BCUT2D eigenvalue weighted by Crippen LogP contribution is 2.22. The highest BCUT2D eigenvalue weighted by molar-refractivity contribution is 5.99. The number of nitrogens with zero attached hydrogens (tertiary/aromatic N) is 1. The quantitative estimate of drug-likeness (QED) is 0.160. The van der Waals surface area contributed by atoms with Crippen molar-refractivity contribution in [1.82, 2.24) is 10.3 Å². The van der Waals surface area contributed by atoms with Crippen molar-refractivity contribution in [2.45, 2.75) is 25.9 Å². The Morgan fingerprint density at radius 2 is 1.61 bits per heavy atom. The number of hydrogen-bond donors (Lipinski definition) is 2. The predicted octanol–water partition coefficient (Wildman–Crippen LogP) is 4.43. The van der Waals surface area contributed by atoms with Gasteiger partial charge in [-0.25, -0.2) is 14.6 Å². The molecule has 0 amide bonds. The lowest BCUT2D eigenvalue weighted by molar-refractivity contribution is -0.149. The van der Waals surface area contributed by atoms with Gasteiger partial charge in [0.15, 0.2) is 0 Å². The number of esters is 1. The van der Waals surface area contributed by atoms with E-state index in [1.807, 2.05) is 37.3 Å². The van der Waals surface area contributed by atoms with Gasteiger partial charge in [0.2, 0.25) is 11.9 Å². The van der Waals surface area contributed by atoms with E-state index in [0.29, 0.717) is 30.4 Å². The van der Waals surface area contributed by atoms with Gasteiger partial charge in [-0.15, -0.1) is 0 Å². The minimum absolute atomic E-state index is 0.148. The second-order valence-corrected chi connectivity index (χ2v) is 8.38. The van der Waals surface area contributed by atoms with Gasteiger partial charge in [-0.1, -0.05) is 30.3 Å². The smallest absolute Gasteiger partial charge is 0.340 e. The molecule has 0 saturated heterocycles. The molecule has 0 aliphatic rings. The zero-order valence-electron chi connectivity index (χ0n) is 21.0. The fraction of sp³-hybridized carbons (Fsp3) is 0.207. The molecule has 9 heteroatoms. The molecule has 1 atom stereocenters. The standard InChI is InChI=1S/C29H28N2O7/c1-19-25(31-27(37-19)21-6-4-3-5-7-21)16-17-36-23-10-8-20(9-11-23)18-30-26(28(32)33)29(34)38-24-14-12-22(35-2)13-15-24/h3-15,26,30H,16-18H2,1-2H3,(H,32,33)/t26-/m0/s1. The lowest BCUT2D eigenvalue weighted by atomic mass is 10.2. The Labute approximate surface area is 220 Å². The van der Waals surface area contributed by atoms with Crippen LogP contribution in [-0.2, 0) is 22.6 Å². The number of hydrogen-bond acceptors (Lipinski definition) is 8. The molecule has 0 aliphatic carbocycles. The third-order valence-corrected chi connectivity index (χ3v) is 5.72. The largest absolute Gasteiger partial charge is 0.497 e. The van der Waals surface area contributed by atoms with Crippen molar-refractivity contribution in [3.05, 3.63) is 95.9 Å². The molecule has 9 nitrogen and oxygen atoms in total. The lowest BCUT2D eigenvalue weighted by Gasteiger charge is -2.14. The molecule has 0 aliphatic heterocycles. The molecule has 0 saturated carbocycles. The molecule has 0 bridgehead atoms. The maximum Gasteiger partial charge on any atom is 0.340 e. The molecule has 3 aromatic carbocycles. The monoisotopic (exact) mass is 516 g/mol. The first-order valence-electron chi connectivity index (χ1n) is 12.0. The summed E-state index contributed by atoms with van der Waals surface area (Å²) in [5.41, 5.74) is 2.54. The van der Waals surface area contributed by atoms with Crippen molar-refractivity contribution in [2.75, 3.05) is 13.7 Å². The predicted molar refractivity (Wildman–Crippen MR) is 139 cm³/mol. The van der Waals surface area contributed by atoms with E-state index in [2.05, 4.69) is 10.3 Å². The number of carbonyl (C=O) groups is 2. The number of ether oxygens (including phenoxy) is 3. The van der Waals surface area contributed by atoms with Crippen molar-refractivity contribution in [1.29, 1.82) is 0 Å². The molecule has 38 heavy (non-hydrogen) atoms. The summed E-state index contributed by atoms with van der Waals surface area (Å²) in [6.45, 7) is 2.45. The number of methoxy groups -OCH3 is 1. The molecule has 0 unspecified atom stereocenters. The molecule has 4 aromatic rings. The summed E-state index contributed by atoms with van der Waals surface area (Å²) in [6, 6.07) is 21.6. The van der Waals surface area contributed by atoms with Crippen molar-refractivity contribution >= 4 is 11.9 Å².